The van der Waals surface area contributed by atoms with E-state index >= 15 is 0 Å². The maximum Gasteiger partial charge on any atom is 0.273 e. The van der Waals surface area contributed by atoms with E-state index in [0.717, 1.165) is 0 Å². The Morgan fingerprint density at radius 2 is 1.91 bits per heavy atom. The summed E-state index contributed by atoms with van der Waals surface area (Å²) in [6.45, 7) is -0.318. The summed E-state index contributed by atoms with van der Waals surface area (Å²) < 4.78 is 50.0. The third-order valence-electron chi connectivity index (χ3n) is 1.18. The van der Waals surface area contributed by atoms with Crippen LogP contribution in [0.1, 0.15) is 6.42 Å². The van der Waals surface area contributed by atoms with Crippen molar-refractivity contribution >= 4 is 10.1 Å². The molecule has 1 aliphatic heterocycles. The predicted molar refractivity (Wildman–Crippen MR) is 33.6 cm³/mol. The van der Waals surface area contributed by atoms with E-state index in [1.54, 1.807) is 0 Å². The van der Waals surface area contributed by atoms with Crippen LogP contribution in [0.25, 0.3) is 0 Å². The zero-order chi connectivity index (χ0) is 8.48. The number of rotatable bonds is 0. The Labute approximate surface area is 62.8 Å². The maximum atomic E-state index is 12.4. The van der Waals surface area contributed by atoms with E-state index in [4.69, 9.17) is 0 Å². The summed E-state index contributed by atoms with van der Waals surface area (Å²) in [6, 6.07) is 0. The molecule has 1 rings (SSSR count). The van der Waals surface area contributed by atoms with Gasteiger partial charge >= 0.3 is 0 Å². The minimum Gasteiger partial charge on any atom is -0.269 e. The summed E-state index contributed by atoms with van der Waals surface area (Å²) in [7, 11) is -3.87. The molecule has 0 N–H and O–H groups in total. The Bertz CT molecular complexity index is 280. The molecule has 0 unspecified atom stereocenters. The van der Waals surface area contributed by atoms with E-state index in [2.05, 4.69) is 4.18 Å². The Balaban J connectivity index is 2.91. The summed E-state index contributed by atoms with van der Waals surface area (Å²) in [6.07, 6.45) is -0.314. The highest BCUT2D eigenvalue weighted by atomic mass is 32.2. The lowest BCUT2D eigenvalue weighted by Gasteiger charge is -1.96. The summed E-state index contributed by atoms with van der Waals surface area (Å²) >= 11 is 0. The number of hydrogen-bond acceptors (Lipinski definition) is 3. The van der Waals surface area contributed by atoms with Gasteiger partial charge in [0.1, 0.15) is 17.4 Å². The molecule has 0 atom stereocenters. The molecule has 0 fully saturated rings. The van der Waals surface area contributed by atoms with Gasteiger partial charge in [-0.25, -0.2) is 8.78 Å². The van der Waals surface area contributed by atoms with Crippen LogP contribution in [0.3, 0.4) is 0 Å². The van der Waals surface area contributed by atoms with Crippen molar-refractivity contribution in [1.82, 2.24) is 0 Å². The van der Waals surface area contributed by atoms with Crippen LogP contribution in [0.2, 0.25) is 0 Å². The van der Waals surface area contributed by atoms with Crippen molar-refractivity contribution in [3.8, 4) is 0 Å². The average Bonchev–Trinajstić information content (AvgIpc) is 1.93. The molecule has 0 bridgehead atoms. The number of hydrogen-bond donors (Lipinski definition) is 0. The summed E-state index contributed by atoms with van der Waals surface area (Å²) in [5, 5.41) is 0. The molecule has 3 nitrogen and oxygen atoms in total. The Hall–Kier alpha value is -0.490. The summed E-state index contributed by atoms with van der Waals surface area (Å²) in [5.41, 5.74) is 0. The minimum atomic E-state index is -3.87. The van der Waals surface area contributed by atoms with Crippen molar-refractivity contribution in [2.45, 2.75) is 6.42 Å². The molecule has 0 amide bonds. The second-order valence-electron chi connectivity index (χ2n) is 2.08. The SMILES string of the molecule is O=S1(=O)CC(F)=C(F)CCO1. The summed E-state index contributed by atoms with van der Waals surface area (Å²) in [4.78, 5) is 0. The van der Waals surface area contributed by atoms with Crippen LogP contribution in [0.15, 0.2) is 11.7 Å². The lowest BCUT2D eigenvalue weighted by molar-refractivity contribution is 0.318. The first kappa shape index (κ1) is 8.61. The van der Waals surface area contributed by atoms with Crippen LogP contribution in [-0.2, 0) is 14.3 Å². The fraction of sp³-hybridized carbons (Fsp3) is 0.600. The van der Waals surface area contributed by atoms with Gasteiger partial charge in [-0.2, -0.15) is 8.42 Å². The highest BCUT2D eigenvalue weighted by Crippen LogP contribution is 2.19. The van der Waals surface area contributed by atoms with Crippen molar-refractivity contribution < 1.29 is 21.4 Å². The lowest BCUT2D eigenvalue weighted by atomic mass is 10.3. The smallest absolute Gasteiger partial charge is 0.269 e. The van der Waals surface area contributed by atoms with Crippen molar-refractivity contribution in [3.63, 3.8) is 0 Å². The molecule has 0 aromatic rings. The molecular weight excluding hydrogens is 178 g/mol. The van der Waals surface area contributed by atoms with Crippen molar-refractivity contribution in [3.05, 3.63) is 11.7 Å². The second-order valence-corrected chi connectivity index (χ2v) is 3.72. The molecule has 0 saturated heterocycles. The fourth-order valence-corrected chi connectivity index (χ4v) is 1.56. The van der Waals surface area contributed by atoms with Gasteiger partial charge in [0.25, 0.3) is 10.1 Å². The van der Waals surface area contributed by atoms with Crippen LogP contribution in [-0.4, -0.2) is 20.8 Å². The number of halogens is 2. The van der Waals surface area contributed by atoms with E-state index in [1.807, 2.05) is 0 Å². The maximum absolute atomic E-state index is 12.4. The molecule has 6 heteroatoms. The molecular formula is C5H6F2O3S. The summed E-state index contributed by atoms with van der Waals surface area (Å²) in [5.74, 6) is -3.27. The van der Waals surface area contributed by atoms with Gasteiger partial charge in [0.15, 0.2) is 0 Å². The molecule has 64 valence electrons. The highest BCUT2D eigenvalue weighted by molar-refractivity contribution is 7.86. The monoisotopic (exact) mass is 184 g/mol. The van der Waals surface area contributed by atoms with Crippen molar-refractivity contribution in [2.24, 2.45) is 0 Å². The fourth-order valence-electron chi connectivity index (χ4n) is 0.669. The first-order valence-electron chi connectivity index (χ1n) is 2.91. The zero-order valence-electron chi connectivity index (χ0n) is 5.51. The van der Waals surface area contributed by atoms with E-state index in [-0.39, 0.29) is 13.0 Å². The average molecular weight is 184 g/mol. The van der Waals surface area contributed by atoms with Crippen LogP contribution in [0, 0.1) is 0 Å². The van der Waals surface area contributed by atoms with Gasteiger partial charge in [-0.15, -0.1) is 0 Å². The Kier molecular flexibility index (Phi) is 2.24. The quantitative estimate of drug-likeness (QED) is 0.525. The van der Waals surface area contributed by atoms with Crippen LogP contribution in [0.5, 0.6) is 0 Å². The van der Waals surface area contributed by atoms with E-state index in [1.165, 1.54) is 0 Å². The third-order valence-corrected chi connectivity index (χ3v) is 2.32. The van der Waals surface area contributed by atoms with Crippen molar-refractivity contribution in [2.75, 3.05) is 12.4 Å². The van der Waals surface area contributed by atoms with E-state index in [0.29, 0.717) is 0 Å². The molecule has 11 heavy (non-hydrogen) atoms. The van der Waals surface area contributed by atoms with Gasteiger partial charge in [0.2, 0.25) is 0 Å². The van der Waals surface area contributed by atoms with Crippen LogP contribution < -0.4 is 0 Å². The van der Waals surface area contributed by atoms with Gasteiger partial charge in [-0.05, 0) is 0 Å². The third kappa shape index (κ3) is 2.23. The van der Waals surface area contributed by atoms with Crippen molar-refractivity contribution in [1.29, 1.82) is 0 Å². The first-order valence-corrected chi connectivity index (χ1v) is 4.49. The van der Waals surface area contributed by atoms with Gasteiger partial charge in [0, 0.05) is 6.42 Å². The second kappa shape index (κ2) is 2.86. The Morgan fingerprint density at radius 3 is 2.55 bits per heavy atom. The lowest BCUT2D eigenvalue weighted by Crippen LogP contribution is -2.08. The predicted octanol–water partition coefficient (Wildman–Crippen LogP) is 0.887. The Morgan fingerprint density at radius 1 is 1.27 bits per heavy atom. The van der Waals surface area contributed by atoms with Crippen LogP contribution >= 0.6 is 0 Å². The molecule has 0 aromatic heterocycles. The van der Waals surface area contributed by atoms with Gasteiger partial charge in [0.05, 0.1) is 6.61 Å². The largest absolute Gasteiger partial charge is 0.273 e. The standard InChI is InChI=1S/C5H6F2O3S/c6-4-1-2-10-11(8,9)3-5(4)7/h1-3H2. The van der Waals surface area contributed by atoms with Gasteiger partial charge in [-0.3, -0.25) is 4.18 Å². The van der Waals surface area contributed by atoms with E-state index < -0.39 is 27.5 Å². The molecule has 0 radical (unpaired) electrons. The minimum absolute atomic E-state index is 0.314. The molecule has 0 aromatic carbocycles. The molecule has 0 saturated carbocycles. The molecule has 1 aliphatic rings. The first-order chi connectivity index (χ1) is 5.01. The van der Waals surface area contributed by atoms with E-state index in [9.17, 15) is 17.2 Å². The van der Waals surface area contributed by atoms with Crippen LogP contribution in [0.4, 0.5) is 8.78 Å². The topological polar surface area (TPSA) is 43.4 Å². The van der Waals surface area contributed by atoms with Gasteiger partial charge < -0.3 is 0 Å². The molecule has 1 heterocycles. The zero-order valence-corrected chi connectivity index (χ0v) is 6.33. The highest BCUT2D eigenvalue weighted by Gasteiger charge is 2.22. The molecule has 0 spiro atoms. The van der Waals surface area contributed by atoms with Gasteiger partial charge in [-0.1, -0.05) is 0 Å². The normalized spacial score (nSPS) is 24.9. The molecule has 0 aliphatic carbocycles.